The van der Waals surface area contributed by atoms with E-state index in [2.05, 4.69) is 51.3 Å². The molecule has 144 valence electrons. The first-order valence-electron chi connectivity index (χ1n) is 9.61. The Morgan fingerprint density at radius 1 is 0.964 bits per heavy atom. The van der Waals surface area contributed by atoms with Gasteiger partial charge in [0.15, 0.2) is 0 Å². The molecule has 0 aliphatic heterocycles. The van der Waals surface area contributed by atoms with Crippen LogP contribution in [0.5, 0.6) is 0 Å². The van der Waals surface area contributed by atoms with Crippen LogP contribution in [0, 0.1) is 5.92 Å². The smallest absolute Gasteiger partial charge is 0.227 e. The Bertz CT molecular complexity index is 946. The summed E-state index contributed by atoms with van der Waals surface area (Å²) in [6.07, 6.45) is 10.6. The molecule has 3 aromatic rings. The molecule has 7 heteroatoms. The van der Waals surface area contributed by atoms with Gasteiger partial charge in [0.05, 0.1) is 11.4 Å². The topological polar surface area (TPSA) is 88.5 Å². The lowest BCUT2D eigenvalue weighted by molar-refractivity contribution is 0.624. The Morgan fingerprint density at radius 3 is 2.46 bits per heavy atom. The molecule has 0 bridgehead atoms. The zero-order valence-electron chi connectivity index (χ0n) is 16.5. The van der Waals surface area contributed by atoms with Gasteiger partial charge < -0.3 is 10.6 Å². The molecule has 3 heterocycles. The number of pyridine rings is 1. The van der Waals surface area contributed by atoms with Gasteiger partial charge in [-0.3, -0.25) is 4.98 Å². The van der Waals surface area contributed by atoms with Gasteiger partial charge in [0.1, 0.15) is 0 Å². The Hall–Kier alpha value is -3.09. The number of rotatable bonds is 6. The zero-order valence-corrected chi connectivity index (χ0v) is 16.5. The number of hydrogen-bond acceptors (Lipinski definition) is 7. The number of nitrogens with one attached hydrogen (secondary N) is 2. The molecule has 0 amide bonds. The Balaban J connectivity index is 1.64. The van der Waals surface area contributed by atoms with E-state index >= 15 is 0 Å². The molecular weight excluding hydrogens is 350 g/mol. The van der Waals surface area contributed by atoms with Gasteiger partial charge in [-0.25, -0.2) is 19.9 Å². The maximum Gasteiger partial charge on any atom is 0.227 e. The minimum absolute atomic E-state index is 0.0884. The number of hydrogen-bond donors (Lipinski definition) is 2. The average molecular weight is 375 g/mol. The first kappa shape index (κ1) is 18.3. The summed E-state index contributed by atoms with van der Waals surface area (Å²) in [5, 5.41) is 6.58. The van der Waals surface area contributed by atoms with E-state index in [1.807, 2.05) is 24.4 Å². The van der Waals surface area contributed by atoms with E-state index in [1.54, 1.807) is 18.6 Å². The monoisotopic (exact) mass is 375 g/mol. The van der Waals surface area contributed by atoms with Gasteiger partial charge in [-0.1, -0.05) is 0 Å². The van der Waals surface area contributed by atoms with Crippen molar-refractivity contribution in [2.75, 3.05) is 10.6 Å². The Kier molecular flexibility index (Phi) is 4.90. The van der Waals surface area contributed by atoms with Crippen molar-refractivity contribution in [2.45, 2.75) is 45.6 Å². The lowest BCUT2D eigenvalue weighted by Gasteiger charge is -2.21. The van der Waals surface area contributed by atoms with Crippen LogP contribution in [0.25, 0.3) is 11.3 Å². The third kappa shape index (κ3) is 4.79. The SMILES string of the molecule is CC(C)(C)Nc1ncc(-c2ccnc(Nc3ccncc3)n2)c(CC2CC2)n1. The highest BCUT2D eigenvalue weighted by Gasteiger charge is 2.25. The second-order valence-electron chi connectivity index (χ2n) is 8.20. The van der Waals surface area contributed by atoms with E-state index in [0.717, 1.165) is 29.1 Å². The largest absolute Gasteiger partial charge is 0.350 e. The molecule has 2 N–H and O–H groups in total. The second kappa shape index (κ2) is 7.50. The van der Waals surface area contributed by atoms with Crippen LogP contribution in [0.3, 0.4) is 0 Å². The highest BCUT2D eigenvalue weighted by Crippen LogP contribution is 2.35. The maximum atomic E-state index is 4.82. The van der Waals surface area contributed by atoms with Crippen LogP contribution in [0.4, 0.5) is 17.6 Å². The van der Waals surface area contributed by atoms with Gasteiger partial charge in [-0.15, -0.1) is 0 Å². The molecule has 0 aromatic carbocycles. The quantitative estimate of drug-likeness (QED) is 0.666. The molecule has 1 aliphatic rings. The van der Waals surface area contributed by atoms with Crippen molar-refractivity contribution in [3.8, 4) is 11.3 Å². The third-order valence-corrected chi connectivity index (χ3v) is 4.40. The van der Waals surface area contributed by atoms with E-state index in [1.165, 1.54) is 12.8 Å². The van der Waals surface area contributed by atoms with Crippen molar-refractivity contribution >= 4 is 17.6 Å². The molecule has 1 aliphatic carbocycles. The standard InChI is InChI=1S/C21H25N7/c1-21(2,3)28-20-24-13-16(18(27-20)12-14-4-5-14)17-8-11-23-19(26-17)25-15-6-9-22-10-7-15/h6-11,13-14H,4-5,12H2,1-3H3,(H,24,27,28)(H,22,23,25,26). The zero-order chi connectivity index (χ0) is 19.6. The first-order chi connectivity index (χ1) is 13.5. The molecule has 7 nitrogen and oxygen atoms in total. The van der Waals surface area contributed by atoms with Gasteiger partial charge in [0, 0.05) is 41.6 Å². The minimum Gasteiger partial charge on any atom is -0.350 e. The second-order valence-corrected chi connectivity index (χ2v) is 8.20. The van der Waals surface area contributed by atoms with Crippen LogP contribution >= 0.6 is 0 Å². The van der Waals surface area contributed by atoms with Crippen molar-refractivity contribution in [2.24, 2.45) is 5.92 Å². The molecule has 0 atom stereocenters. The van der Waals surface area contributed by atoms with E-state index in [-0.39, 0.29) is 5.54 Å². The van der Waals surface area contributed by atoms with Gasteiger partial charge in [0.25, 0.3) is 0 Å². The van der Waals surface area contributed by atoms with E-state index in [9.17, 15) is 0 Å². The summed E-state index contributed by atoms with van der Waals surface area (Å²) in [6.45, 7) is 6.31. The first-order valence-corrected chi connectivity index (χ1v) is 9.61. The fourth-order valence-corrected chi connectivity index (χ4v) is 2.91. The van der Waals surface area contributed by atoms with Crippen LogP contribution in [-0.2, 0) is 6.42 Å². The highest BCUT2D eigenvalue weighted by atomic mass is 15.1. The summed E-state index contributed by atoms with van der Waals surface area (Å²) in [4.78, 5) is 22.4. The van der Waals surface area contributed by atoms with Crippen LogP contribution in [0.2, 0.25) is 0 Å². The number of nitrogens with zero attached hydrogens (tertiary/aromatic N) is 5. The Morgan fingerprint density at radius 2 is 1.75 bits per heavy atom. The molecule has 0 radical (unpaired) electrons. The van der Waals surface area contributed by atoms with Crippen LogP contribution in [0.1, 0.15) is 39.3 Å². The lowest BCUT2D eigenvalue weighted by atomic mass is 10.1. The molecular formula is C21H25N7. The van der Waals surface area contributed by atoms with Crippen molar-refractivity contribution in [1.29, 1.82) is 0 Å². The lowest BCUT2D eigenvalue weighted by Crippen LogP contribution is -2.27. The van der Waals surface area contributed by atoms with E-state index < -0.39 is 0 Å². The number of anilines is 3. The predicted molar refractivity (Wildman–Crippen MR) is 110 cm³/mol. The average Bonchev–Trinajstić information content (AvgIpc) is 3.46. The molecule has 4 rings (SSSR count). The Labute approximate surface area is 165 Å². The highest BCUT2D eigenvalue weighted by molar-refractivity contribution is 5.64. The maximum absolute atomic E-state index is 4.82. The molecule has 0 saturated heterocycles. The van der Waals surface area contributed by atoms with Crippen molar-refractivity contribution < 1.29 is 0 Å². The van der Waals surface area contributed by atoms with Crippen molar-refractivity contribution in [3.05, 3.63) is 48.7 Å². The van der Waals surface area contributed by atoms with Crippen LogP contribution < -0.4 is 10.6 Å². The molecule has 3 aromatic heterocycles. The molecule has 1 fully saturated rings. The normalized spacial score (nSPS) is 14.0. The molecule has 0 spiro atoms. The van der Waals surface area contributed by atoms with Gasteiger partial charge >= 0.3 is 0 Å². The summed E-state index contributed by atoms with van der Waals surface area (Å²) in [5.41, 5.74) is 3.63. The summed E-state index contributed by atoms with van der Waals surface area (Å²) in [6, 6.07) is 5.67. The molecule has 0 unspecified atom stereocenters. The summed E-state index contributed by atoms with van der Waals surface area (Å²) in [7, 11) is 0. The molecule has 28 heavy (non-hydrogen) atoms. The van der Waals surface area contributed by atoms with E-state index in [0.29, 0.717) is 17.8 Å². The number of aromatic nitrogens is 5. The summed E-state index contributed by atoms with van der Waals surface area (Å²) >= 11 is 0. The summed E-state index contributed by atoms with van der Waals surface area (Å²) < 4.78 is 0. The van der Waals surface area contributed by atoms with E-state index in [4.69, 9.17) is 4.98 Å². The van der Waals surface area contributed by atoms with Crippen LogP contribution in [-0.4, -0.2) is 30.5 Å². The van der Waals surface area contributed by atoms with Crippen molar-refractivity contribution in [3.63, 3.8) is 0 Å². The van der Waals surface area contributed by atoms with Gasteiger partial charge in [0.2, 0.25) is 11.9 Å². The fourth-order valence-electron chi connectivity index (χ4n) is 2.91. The third-order valence-electron chi connectivity index (χ3n) is 4.40. The fraction of sp³-hybridized carbons (Fsp3) is 0.381. The molecule has 1 saturated carbocycles. The van der Waals surface area contributed by atoms with Gasteiger partial charge in [-0.2, -0.15) is 0 Å². The summed E-state index contributed by atoms with van der Waals surface area (Å²) in [5.74, 6) is 1.92. The minimum atomic E-state index is -0.0884. The predicted octanol–water partition coefficient (Wildman–Crippen LogP) is 4.24. The van der Waals surface area contributed by atoms with Crippen molar-refractivity contribution in [1.82, 2.24) is 24.9 Å². The van der Waals surface area contributed by atoms with Gasteiger partial charge in [-0.05, 0) is 64.2 Å². The van der Waals surface area contributed by atoms with Crippen LogP contribution in [0.15, 0.2) is 43.0 Å².